The van der Waals surface area contributed by atoms with E-state index in [9.17, 15) is 38.9 Å². The average Bonchev–Trinajstić information content (AvgIpc) is 3.05. The fourth-order valence-corrected chi connectivity index (χ4v) is 7.36. The van der Waals surface area contributed by atoms with E-state index in [1.807, 2.05) is 0 Å². The molecule has 0 unspecified atom stereocenters. The molecule has 5 aromatic carbocycles. The number of fused-ring (bicyclic) bond motifs is 2. The van der Waals surface area contributed by atoms with E-state index < -0.39 is 45.0 Å². The summed E-state index contributed by atoms with van der Waals surface area (Å²) >= 11 is 5.88. The molecule has 0 saturated carbocycles. The van der Waals surface area contributed by atoms with Gasteiger partial charge in [0.2, 0.25) is 16.9 Å². The Balaban J connectivity index is 1.37. The van der Waals surface area contributed by atoms with Gasteiger partial charge in [0.1, 0.15) is 9.79 Å². The van der Waals surface area contributed by atoms with Crippen LogP contribution in [-0.4, -0.2) is 53.9 Å². The predicted octanol–water partition coefficient (Wildman–Crippen LogP) is 7.18. The highest BCUT2D eigenvalue weighted by Crippen LogP contribution is 2.38. The monoisotopic (exact) mass is 797 g/mol. The molecule has 0 radical (unpaired) electrons. The van der Waals surface area contributed by atoms with Crippen molar-refractivity contribution in [2.75, 3.05) is 5.32 Å². The van der Waals surface area contributed by atoms with Gasteiger partial charge in [0, 0.05) is 27.2 Å². The number of nitrogens with one attached hydrogen (secondary N) is 3. The quantitative estimate of drug-likeness (QED) is 0.0626. The summed E-state index contributed by atoms with van der Waals surface area (Å²) in [6, 6.07) is 16.0. The van der Waals surface area contributed by atoms with Crippen LogP contribution in [0, 0.1) is 19.3 Å². The van der Waals surface area contributed by atoms with Gasteiger partial charge < -0.3 is 5.32 Å². The lowest BCUT2D eigenvalue weighted by molar-refractivity contribution is 0.481. The summed E-state index contributed by atoms with van der Waals surface area (Å²) in [5.74, 6) is 0.0789. The summed E-state index contributed by atoms with van der Waals surface area (Å²) in [6.45, 7) is 3.38. The number of halogens is 1. The summed E-state index contributed by atoms with van der Waals surface area (Å²) < 4.78 is 102. The number of H-pyrrole nitrogens is 1. The molecule has 6 rings (SSSR count). The van der Waals surface area contributed by atoms with Crippen LogP contribution in [0.15, 0.2) is 108 Å². The molecule has 272 valence electrons. The van der Waals surface area contributed by atoms with Gasteiger partial charge in [0.25, 0.3) is 30.4 Å². The minimum absolute atomic E-state index is 0.0789. The molecule has 1 aromatic heterocycles. The van der Waals surface area contributed by atoms with Crippen molar-refractivity contribution in [1.82, 2.24) is 15.0 Å². The molecule has 0 amide bonds. The molecule has 0 aliphatic rings. The van der Waals surface area contributed by atoms with Crippen molar-refractivity contribution in [2.45, 2.75) is 28.5 Å². The molecule has 0 aliphatic carbocycles. The van der Waals surface area contributed by atoms with Crippen LogP contribution in [0.1, 0.15) is 11.1 Å². The number of benzene rings is 5. The van der Waals surface area contributed by atoms with Gasteiger partial charge in [-0.3, -0.25) is 24.1 Å². The summed E-state index contributed by atoms with van der Waals surface area (Å²) in [4.78, 5) is 8.63. The predicted molar refractivity (Wildman–Crippen MR) is 192 cm³/mol. The second kappa shape index (κ2) is 13.8. The minimum Gasteiger partial charge on any atom is -0.325 e. The summed E-state index contributed by atoms with van der Waals surface area (Å²) in [5, 5.41) is 27.9. The van der Waals surface area contributed by atoms with Crippen LogP contribution in [0.25, 0.3) is 21.5 Å². The van der Waals surface area contributed by atoms with Gasteiger partial charge in [-0.05, 0) is 91.2 Å². The van der Waals surface area contributed by atoms with E-state index in [1.54, 1.807) is 32.0 Å². The number of anilines is 2. The zero-order chi connectivity index (χ0) is 38.5. The van der Waals surface area contributed by atoms with Crippen molar-refractivity contribution >= 4 is 97.9 Å². The number of nitrogens with zero attached hydrogens (tertiary/aromatic N) is 6. The number of aryl methyl sites for hydroxylation is 2. The van der Waals surface area contributed by atoms with Gasteiger partial charge in [-0.1, -0.05) is 18.2 Å². The Kier molecular flexibility index (Phi) is 9.67. The highest BCUT2D eigenvalue weighted by molar-refractivity contribution is 7.86. The van der Waals surface area contributed by atoms with Crippen LogP contribution < -0.4 is 10.9 Å². The SMILES string of the molecule is Cc1cc(N=Nc2ccc(Nc3nc(Cl)nc(=N)[nH]3)c3ccc(S(=O)(=O)O)cc23)c(C)cc1N=Nc1cc(S(=O)(=O)O)c2cccc(S(=O)(=O)O)c2c1. The molecule has 22 heteroatoms. The molecular formula is C31H24ClN9O9S3. The Morgan fingerprint density at radius 2 is 1.30 bits per heavy atom. The molecule has 6 aromatic rings. The molecule has 0 atom stereocenters. The lowest BCUT2D eigenvalue weighted by Gasteiger charge is -2.12. The van der Waals surface area contributed by atoms with Gasteiger partial charge in [0.05, 0.1) is 27.6 Å². The van der Waals surface area contributed by atoms with Crippen LogP contribution >= 0.6 is 11.6 Å². The summed E-state index contributed by atoms with van der Waals surface area (Å²) in [7, 11) is -14.2. The van der Waals surface area contributed by atoms with Crippen LogP contribution in [0.4, 0.5) is 34.4 Å². The third kappa shape index (κ3) is 8.10. The highest BCUT2D eigenvalue weighted by Gasteiger charge is 2.21. The van der Waals surface area contributed by atoms with Gasteiger partial charge in [-0.25, -0.2) is 0 Å². The fraction of sp³-hybridized carbons (Fsp3) is 0.0645. The molecule has 0 saturated heterocycles. The maximum atomic E-state index is 12.2. The van der Waals surface area contributed by atoms with E-state index in [-0.39, 0.29) is 44.4 Å². The molecule has 0 bridgehead atoms. The number of aromatic amines is 1. The fourth-order valence-electron chi connectivity index (χ4n) is 5.26. The first-order valence-electron chi connectivity index (χ1n) is 14.7. The van der Waals surface area contributed by atoms with Crippen LogP contribution in [-0.2, 0) is 30.4 Å². The van der Waals surface area contributed by atoms with E-state index in [0.29, 0.717) is 33.6 Å². The molecule has 0 aliphatic heterocycles. The van der Waals surface area contributed by atoms with Crippen LogP contribution in [0.3, 0.4) is 0 Å². The third-order valence-corrected chi connectivity index (χ3v) is 10.5. The Bertz CT molecular complexity index is 2970. The number of hydrogen-bond donors (Lipinski definition) is 6. The normalized spacial score (nSPS) is 12.7. The molecule has 0 fully saturated rings. The Morgan fingerprint density at radius 3 is 1.92 bits per heavy atom. The molecule has 0 spiro atoms. The van der Waals surface area contributed by atoms with Crippen molar-refractivity contribution in [2.24, 2.45) is 20.5 Å². The number of azo groups is 2. The van der Waals surface area contributed by atoms with Crippen LogP contribution in [0.2, 0.25) is 5.28 Å². The smallest absolute Gasteiger partial charge is 0.295 e. The number of rotatable bonds is 9. The van der Waals surface area contributed by atoms with E-state index in [2.05, 4.69) is 40.7 Å². The zero-order valence-electron chi connectivity index (χ0n) is 27.0. The largest absolute Gasteiger partial charge is 0.325 e. The highest BCUT2D eigenvalue weighted by atomic mass is 35.5. The minimum atomic E-state index is -4.86. The van der Waals surface area contributed by atoms with E-state index in [0.717, 1.165) is 12.1 Å². The first-order chi connectivity index (χ1) is 24.8. The van der Waals surface area contributed by atoms with E-state index in [4.69, 9.17) is 17.0 Å². The Labute approximate surface area is 305 Å². The van der Waals surface area contributed by atoms with Crippen molar-refractivity contribution in [3.05, 3.63) is 94.8 Å². The summed E-state index contributed by atoms with van der Waals surface area (Å²) in [6.07, 6.45) is 0. The van der Waals surface area contributed by atoms with Crippen molar-refractivity contribution < 1.29 is 38.9 Å². The molecule has 18 nitrogen and oxygen atoms in total. The maximum absolute atomic E-state index is 12.2. The number of hydrogen-bond acceptors (Lipinski definition) is 14. The lowest BCUT2D eigenvalue weighted by atomic mass is 10.1. The van der Waals surface area contributed by atoms with Crippen LogP contribution in [0.5, 0.6) is 0 Å². The van der Waals surface area contributed by atoms with E-state index >= 15 is 0 Å². The maximum Gasteiger partial charge on any atom is 0.295 e. The molecular weight excluding hydrogens is 774 g/mol. The first-order valence-corrected chi connectivity index (χ1v) is 19.4. The third-order valence-electron chi connectivity index (χ3n) is 7.67. The average molecular weight is 798 g/mol. The Morgan fingerprint density at radius 1 is 0.660 bits per heavy atom. The molecule has 6 N–H and O–H groups in total. The second-order valence-corrected chi connectivity index (χ2v) is 15.9. The summed E-state index contributed by atoms with van der Waals surface area (Å²) in [5.41, 5.74) is 2.02. The standard InChI is InChI=1S/C31H24ClN9O9S3/c1-15-11-26(16(2)10-25(15)40-38-17-12-22-20(28(13-17)53(48,49)50)4-3-5-27(22)52(45,46)47)41-39-24-9-8-23(34-31-36-29(32)35-30(33)37-31)19-7-6-18(14-21(19)24)51(42,43)44/h3-14H,1-2H3,(H,42,43,44)(H,45,46,47)(H,48,49,50)(H3,33,34,35,36,37). The first kappa shape index (κ1) is 37.2. The van der Waals surface area contributed by atoms with Gasteiger partial charge in [-0.2, -0.15) is 50.6 Å². The van der Waals surface area contributed by atoms with Gasteiger partial charge in [-0.15, -0.1) is 5.11 Å². The van der Waals surface area contributed by atoms with Crippen molar-refractivity contribution in [1.29, 1.82) is 5.41 Å². The second-order valence-electron chi connectivity index (χ2n) is 11.3. The Hall–Kier alpha value is -5.55. The topological polar surface area (TPSA) is 290 Å². The van der Waals surface area contributed by atoms with Gasteiger partial charge >= 0.3 is 0 Å². The van der Waals surface area contributed by atoms with Gasteiger partial charge in [0.15, 0.2) is 0 Å². The van der Waals surface area contributed by atoms with Crippen molar-refractivity contribution in [3.8, 4) is 0 Å². The van der Waals surface area contributed by atoms with E-state index in [1.165, 1.54) is 42.5 Å². The lowest BCUT2D eigenvalue weighted by Crippen LogP contribution is -2.14. The molecule has 53 heavy (non-hydrogen) atoms. The zero-order valence-corrected chi connectivity index (χ0v) is 30.2. The number of aromatic nitrogens is 3. The molecule has 1 heterocycles. The van der Waals surface area contributed by atoms with Crippen molar-refractivity contribution in [3.63, 3.8) is 0 Å².